The van der Waals surface area contributed by atoms with Gasteiger partial charge in [0.25, 0.3) is 0 Å². The minimum atomic E-state index is -0.382. The smallest absolute Gasteiger partial charge is 0.341 e. The summed E-state index contributed by atoms with van der Waals surface area (Å²) >= 11 is 0. The molecule has 1 aromatic heterocycles. The zero-order valence-electron chi connectivity index (χ0n) is 12.6. The van der Waals surface area contributed by atoms with E-state index < -0.39 is 0 Å². The molecule has 0 saturated heterocycles. The van der Waals surface area contributed by atoms with Gasteiger partial charge in [-0.25, -0.2) is 4.79 Å². The average Bonchev–Trinajstić information content (AvgIpc) is 3.02. The number of carbonyl (C=O) groups excluding carboxylic acids is 1. The summed E-state index contributed by atoms with van der Waals surface area (Å²) in [6.45, 7) is 0.803. The first-order chi connectivity index (χ1) is 11.2. The average molecular weight is 307 g/mol. The summed E-state index contributed by atoms with van der Waals surface area (Å²) in [5, 5.41) is 4.19. The second kappa shape index (κ2) is 6.79. The fraction of sp³-hybridized carbons (Fsp3) is 0.111. The highest BCUT2D eigenvalue weighted by Gasteiger charge is 2.10. The first-order valence-electron chi connectivity index (χ1n) is 7.28. The number of nitrogens with zero attached hydrogens (tertiary/aromatic N) is 2. The molecule has 0 bridgehead atoms. The molecule has 3 rings (SSSR count). The molecule has 1 heterocycles. The molecule has 2 N–H and O–H groups in total. The largest absolute Gasteiger partial charge is 0.457 e. The zero-order chi connectivity index (χ0) is 16.1. The monoisotopic (exact) mass is 307 g/mol. The van der Waals surface area contributed by atoms with Crippen LogP contribution in [0.15, 0.2) is 67.0 Å². The highest BCUT2D eigenvalue weighted by atomic mass is 16.5. The van der Waals surface area contributed by atoms with Crippen molar-refractivity contribution in [2.75, 3.05) is 5.73 Å². The van der Waals surface area contributed by atoms with Crippen molar-refractivity contribution in [3.63, 3.8) is 0 Å². The molecular formula is C18H17N3O2. The fourth-order valence-corrected chi connectivity index (χ4v) is 2.24. The van der Waals surface area contributed by atoms with Gasteiger partial charge in [0, 0.05) is 11.9 Å². The number of esters is 1. The molecule has 0 amide bonds. The first-order valence-corrected chi connectivity index (χ1v) is 7.28. The molecule has 0 spiro atoms. The van der Waals surface area contributed by atoms with Gasteiger partial charge in [0.2, 0.25) is 0 Å². The minimum absolute atomic E-state index is 0.250. The highest BCUT2D eigenvalue weighted by molar-refractivity contribution is 5.88. The van der Waals surface area contributed by atoms with Crippen LogP contribution in [0.3, 0.4) is 0 Å². The van der Waals surface area contributed by atoms with E-state index in [0.717, 1.165) is 11.1 Å². The second-order valence-corrected chi connectivity index (χ2v) is 5.23. The summed E-state index contributed by atoms with van der Waals surface area (Å²) in [4.78, 5) is 12.0. The minimum Gasteiger partial charge on any atom is -0.457 e. The maximum absolute atomic E-state index is 12.0. The van der Waals surface area contributed by atoms with Crippen molar-refractivity contribution in [2.24, 2.45) is 0 Å². The van der Waals surface area contributed by atoms with Crippen molar-refractivity contribution in [1.29, 1.82) is 0 Å². The number of nitrogens with two attached hydrogens (primary N) is 1. The summed E-state index contributed by atoms with van der Waals surface area (Å²) in [5.74, 6) is -0.382. The fourth-order valence-electron chi connectivity index (χ4n) is 2.24. The van der Waals surface area contributed by atoms with E-state index in [1.54, 1.807) is 10.9 Å². The molecule has 0 aliphatic rings. The number of ether oxygens (including phenoxy) is 1. The number of hydrogen-bond acceptors (Lipinski definition) is 4. The van der Waals surface area contributed by atoms with Gasteiger partial charge in [-0.3, -0.25) is 4.68 Å². The van der Waals surface area contributed by atoms with E-state index in [-0.39, 0.29) is 12.6 Å². The van der Waals surface area contributed by atoms with Crippen LogP contribution in [0.5, 0.6) is 0 Å². The maximum Gasteiger partial charge on any atom is 0.341 e. The predicted octanol–water partition coefficient (Wildman–Crippen LogP) is 2.87. The number of aromatic nitrogens is 2. The van der Waals surface area contributed by atoms with Crippen LogP contribution in [0.2, 0.25) is 0 Å². The van der Waals surface area contributed by atoms with Gasteiger partial charge < -0.3 is 10.5 Å². The number of nitrogen functional groups attached to an aromatic ring is 1. The summed E-state index contributed by atoms with van der Waals surface area (Å²) in [5.41, 5.74) is 8.87. The van der Waals surface area contributed by atoms with Crippen LogP contribution in [0.25, 0.3) is 0 Å². The number of anilines is 1. The third kappa shape index (κ3) is 3.97. The summed E-state index contributed by atoms with van der Waals surface area (Å²) < 4.78 is 6.97. The number of hydrogen-bond donors (Lipinski definition) is 1. The second-order valence-electron chi connectivity index (χ2n) is 5.23. The Morgan fingerprint density at radius 1 is 1.09 bits per heavy atom. The molecule has 0 atom stereocenters. The highest BCUT2D eigenvalue weighted by Crippen LogP contribution is 2.10. The normalized spacial score (nSPS) is 10.4. The van der Waals surface area contributed by atoms with Gasteiger partial charge in [0.1, 0.15) is 6.61 Å². The Labute approximate surface area is 134 Å². The van der Waals surface area contributed by atoms with Gasteiger partial charge >= 0.3 is 5.97 Å². The van der Waals surface area contributed by atoms with E-state index in [0.29, 0.717) is 17.8 Å². The quantitative estimate of drug-likeness (QED) is 0.581. The van der Waals surface area contributed by atoms with E-state index >= 15 is 0 Å². The van der Waals surface area contributed by atoms with Crippen LogP contribution in [0.1, 0.15) is 21.5 Å². The number of benzene rings is 2. The summed E-state index contributed by atoms with van der Waals surface area (Å²) in [6.07, 6.45) is 3.19. The van der Waals surface area contributed by atoms with Gasteiger partial charge in [-0.1, -0.05) is 42.5 Å². The zero-order valence-corrected chi connectivity index (χ0v) is 12.6. The van der Waals surface area contributed by atoms with Crippen molar-refractivity contribution in [3.8, 4) is 0 Å². The van der Waals surface area contributed by atoms with E-state index in [4.69, 9.17) is 10.5 Å². The van der Waals surface area contributed by atoms with Gasteiger partial charge in [-0.05, 0) is 23.3 Å². The third-order valence-corrected chi connectivity index (χ3v) is 3.38. The molecule has 0 aliphatic heterocycles. The van der Waals surface area contributed by atoms with E-state index in [1.165, 1.54) is 6.20 Å². The Morgan fingerprint density at radius 2 is 1.87 bits per heavy atom. The van der Waals surface area contributed by atoms with Crippen LogP contribution < -0.4 is 5.73 Å². The van der Waals surface area contributed by atoms with Crippen LogP contribution in [-0.4, -0.2) is 15.7 Å². The molecule has 5 nitrogen and oxygen atoms in total. The van der Waals surface area contributed by atoms with E-state index in [9.17, 15) is 4.79 Å². The lowest BCUT2D eigenvalue weighted by Gasteiger charge is -2.03. The molecule has 23 heavy (non-hydrogen) atoms. The Balaban J connectivity index is 1.61. The Bertz CT molecular complexity index is 797. The molecule has 116 valence electrons. The van der Waals surface area contributed by atoms with E-state index in [2.05, 4.69) is 5.10 Å². The molecule has 5 heteroatoms. The van der Waals surface area contributed by atoms with Crippen LogP contribution in [0.4, 0.5) is 5.69 Å². The Morgan fingerprint density at radius 3 is 2.65 bits per heavy atom. The Hall–Kier alpha value is -3.08. The molecule has 0 aliphatic carbocycles. The lowest BCUT2D eigenvalue weighted by molar-refractivity contribution is 0.0472. The van der Waals surface area contributed by atoms with Gasteiger partial charge in [0.05, 0.1) is 18.3 Å². The van der Waals surface area contributed by atoms with Crippen molar-refractivity contribution < 1.29 is 9.53 Å². The van der Waals surface area contributed by atoms with Crippen molar-refractivity contribution in [3.05, 3.63) is 83.7 Å². The van der Waals surface area contributed by atoms with Crippen LogP contribution in [0, 0.1) is 0 Å². The van der Waals surface area contributed by atoms with Crippen molar-refractivity contribution >= 4 is 11.7 Å². The SMILES string of the molecule is Nc1cccc(Cn2cc(C(=O)OCc3ccccc3)cn2)c1. The molecule has 0 radical (unpaired) electrons. The standard InChI is InChI=1S/C18H17N3O2/c19-17-8-4-7-15(9-17)11-21-12-16(10-20-21)18(22)23-13-14-5-2-1-3-6-14/h1-10,12H,11,13,19H2. The van der Waals surface area contributed by atoms with Gasteiger partial charge in [0.15, 0.2) is 0 Å². The molecular weight excluding hydrogens is 290 g/mol. The van der Waals surface area contributed by atoms with Crippen molar-refractivity contribution in [1.82, 2.24) is 9.78 Å². The lowest BCUT2D eigenvalue weighted by Crippen LogP contribution is -2.05. The van der Waals surface area contributed by atoms with Crippen LogP contribution >= 0.6 is 0 Å². The van der Waals surface area contributed by atoms with Crippen molar-refractivity contribution in [2.45, 2.75) is 13.2 Å². The predicted molar refractivity (Wildman–Crippen MR) is 87.7 cm³/mol. The number of carbonyl (C=O) groups is 1. The van der Waals surface area contributed by atoms with Gasteiger partial charge in [-0.15, -0.1) is 0 Å². The summed E-state index contributed by atoms with van der Waals surface area (Å²) in [7, 11) is 0. The molecule has 0 fully saturated rings. The first kappa shape index (κ1) is 14.8. The lowest BCUT2D eigenvalue weighted by atomic mass is 10.2. The topological polar surface area (TPSA) is 70.1 Å². The maximum atomic E-state index is 12.0. The molecule has 0 saturated carbocycles. The molecule has 3 aromatic rings. The van der Waals surface area contributed by atoms with E-state index in [1.807, 2.05) is 54.6 Å². The third-order valence-electron chi connectivity index (χ3n) is 3.38. The Kier molecular flexibility index (Phi) is 4.38. The summed E-state index contributed by atoms with van der Waals surface area (Å²) in [6, 6.07) is 17.1. The molecule has 2 aromatic carbocycles. The van der Waals surface area contributed by atoms with Gasteiger partial charge in [-0.2, -0.15) is 5.10 Å². The number of rotatable bonds is 5. The van der Waals surface area contributed by atoms with Crippen LogP contribution in [-0.2, 0) is 17.9 Å². The molecule has 0 unspecified atom stereocenters.